The number of aliphatic carboxylic acids is 1. The fraction of sp³-hybridized carbons (Fsp3) is 0.500. The van der Waals surface area contributed by atoms with Gasteiger partial charge in [0.1, 0.15) is 0 Å². The van der Waals surface area contributed by atoms with E-state index in [9.17, 15) is 14.7 Å². The Morgan fingerprint density at radius 2 is 1.85 bits per heavy atom. The topological polar surface area (TPSA) is 66.4 Å². The van der Waals surface area contributed by atoms with Crippen LogP contribution in [0.1, 0.15) is 37.8 Å². The number of hydrogen-bond acceptors (Lipinski definition) is 2. The summed E-state index contributed by atoms with van der Waals surface area (Å²) in [6.07, 6.45) is 1.76. The van der Waals surface area contributed by atoms with Crippen LogP contribution in [0.3, 0.4) is 0 Å². The third-order valence-electron chi connectivity index (χ3n) is 4.15. The highest BCUT2D eigenvalue weighted by Crippen LogP contribution is 2.40. The molecule has 0 radical (unpaired) electrons. The monoisotopic (exact) mass is 275 g/mol. The Hall–Kier alpha value is -1.84. The summed E-state index contributed by atoms with van der Waals surface area (Å²) in [7, 11) is 0. The molecule has 1 aromatic rings. The molecule has 4 heteroatoms. The summed E-state index contributed by atoms with van der Waals surface area (Å²) in [5, 5.41) is 12.5. The van der Waals surface area contributed by atoms with Gasteiger partial charge in [-0.3, -0.25) is 9.59 Å². The molecule has 1 aliphatic rings. The van der Waals surface area contributed by atoms with Gasteiger partial charge in [-0.1, -0.05) is 31.2 Å². The normalized spacial score (nSPS) is 17.3. The number of hydrogen-bond donors (Lipinski definition) is 2. The van der Waals surface area contributed by atoms with Crippen LogP contribution < -0.4 is 5.32 Å². The molecule has 1 aromatic carbocycles. The lowest BCUT2D eigenvalue weighted by molar-refractivity contribution is -0.151. The van der Waals surface area contributed by atoms with E-state index >= 15 is 0 Å². The maximum absolute atomic E-state index is 12.1. The number of amides is 1. The number of carboxylic acid groups (broad SMARTS) is 1. The molecule has 1 atom stereocenters. The minimum atomic E-state index is -0.985. The van der Waals surface area contributed by atoms with Crippen molar-refractivity contribution >= 4 is 11.9 Å². The van der Waals surface area contributed by atoms with Gasteiger partial charge in [-0.05, 0) is 37.3 Å². The summed E-state index contributed by atoms with van der Waals surface area (Å²) in [5.41, 5.74) is 1.11. The number of carboxylic acids is 1. The molecule has 0 aromatic heterocycles. The highest BCUT2D eigenvalue weighted by Gasteiger charge is 2.45. The minimum Gasteiger partial charge on any atom is -0.481 e. The van der Waals surface area contributed by atoms with E-state index in [1.807, 2.05) is 38.1 Å². The van der Waals surface area contributed by atoms with Gasteiger partial charge in [-0.15, -0.1) is 0 Å². The van der Waals surface area contributed by atoms with Crippen molar-refractivity contribution in [2.75, 3.05) is 0 Å². The summed E-state index contributed by atoms with van der Waals surface area (Å²) < 4.78 is 0. The number of fused-ring (bicyclic) bond motifs is 1. The van der Waals surface area contributed by atoms with Crippen molar-refractivity contribution in [1.29, 1.82) is 0 Å². The van der Waals surface area contributed by atoms with Crippen molar-refractivity contribution in [2.45, 2.75) is 45.6 Å². The molecule has 20 heavy (non-hydrogen) atoms. The van der Waals surface area contributed by atoms with Gasteiger partial charge in [-0.25, -0.2) is 0 Å². The molecule has 0 saturated heterocycles. The van der Waals surface area contributed by atoms with Crippen LogP contribution >= 0.6 is 0 Å². The molecule has 2 N–H and O–H groups in total. The molecule has 0 saturated carbocycles. The largest absolute Gasteiger partial charge is 0.481 e. The molecule has 0 aliphatic heterocycles. The first-order valence-electron chi connectivity index (χ1n) is 7.06. The van der Waals surface area contributed by atoms with Gasteiger partial charge in [0.15, 0.2) is 0 Å². The second-order valence-electron chi connectivity index (χ2n) is 5.76. The molecule has 0 bridgehead atoms. The standard InChI is InChI=1S/C16H21NO3/c1-3-11(2)17-14(18)10-16(15(19)20)8-12-6-4-5-7-13(12)9-16/h4-7,11H,3,8-10H2,1-2H3,(H,17,18)(H,19,20). The van der Waals surface area contributed by atoms with E-state index in [1.165, 1.54) is 0 Å². The average molecular weight is 275 g/mol. The van der Waals surface area contributed by atoms with Gasteiger partial charge in [0.05, 0.1) is 5.41 Å². The molecular weight excluding hydrogens is 254 g/mol. The maximum atomic E-state index is 12.1. The summed E-state index contributed by atoms with van der Waals surface area (Å²) in [4.78, 5) is 23.8. The van der Waals surface area contributed by atoms with E-state index in [0.29, 0.717) is 12.8 Å². The fourth-order valence-corrected chi connectivity index (χ4v) is 2.78. The Bertz CT molecular complexity index is 499. The van der Waals surface area contributed by atoms with E-state index in [2.05, 4.69) is 5.32 Å². The van der Waals surface area contributed by atoms with Crippen molar-refractivity contribution in [3.63, 3.8) is 0 Å². The first kappa shape index (κ1) is 14.6. The molecule has 1 unspecified atom stereocenters. The molecule has 0 heterocycles. The third-order valence-corrected chi connectivity index (χ3v) is 4.15. The summed E-state index contributed by atoms with van der Waals surface area (Å²) in [6, 6.07) is 7.81. The van der Waals surface area contributed by atoms with E-state index in [1.54, 1.807) is 0 Å². The first-order valence-corrected chi connectivity index (χ1v) is 7.06. The predicted octanol–water partition coefficient (Wildman–Crippen LogP) is 2.16. The minimum absolute atomic E-state index is 0.0430. The Balaban J connectivity index is 2.14. The summed E-state index contributed by atoms with van der Waals surface area (Å²) in [6.45, 7) is 3.91. The van der Waals surface area contributed by atoms with Crippen molar-refractivity contribution in [2.24, 2.45) is 5.41 Å². The quantitative estimate of drug-likeness (QED) is 0.865. The van der Waals surface area contributed by atoms with Crippen LogP contribution in [-0.2, 0) is 22.4 Å². The number of carbonyl (C=O) groups excluding carboxylic acids is 1. The Morgan fingerprint density at radius 1 is 1.30 bits per heavy atom. The molecule has 1 amide bonds. The molecular formula is C16H21NO3. The van der Waals surface area contributed by atoms with Gasteiger partial charge >= 0.3 is 5.97 Å². The number of rotatable bonds is 5. The van der Waals surface area contributed by atoms with Crippen LogP contribution in [0.2, 0.25) is 0 Å². The number of nitrogens with one attached hydrogen (secondary N) is 1. The van der Waals surface area contributed by atoms with Crippen molar-refractivity contribution in [1.82, 2.24) is 5.32 Å². The zero-order valence-corrected chi connectivity index (χ0v) is 12.0. The van der Waals surface area contributed by atoms with Crippen molar-refractivity contribution in [3.05, 3.63) is 35.4 Å². The smallest absolute Gasteiger partial charge is 0.310 e. The highest BCUT2D eigenvalue weighted by molar-refractivity contribution is 5.86. The van der Waals surface area contributed by atoms with E-state index in [0.717, 1.165) is 17.5 Å². The predicted molar refractivity (Wildman–Crippen MR) is 76.4 cm³/mol. The highest BCUT2D eigenvalue weighted by atomic mass is 16.4. The SMILES string of the molecule is CCC(C)NC(=O)CC1(C(=O)O)Cc2ccccc2C1. The lowest BCUT2D eigenvalue weighted by Crippen LogP contribution is -2.40. The molecule has 1 aliphatic carbocycles. The summed E-state index contributed by atoms with van der Waals surface area (Å²) in [5.74, 6) is -1.05. The second kappa shape index (κ2) is 5.65. The number of carbonyl (C=O) groups is 2. The zero-order valence-electron chi connectivity index (χ0n) is 12.0. The van der Waals surface area contributed by atoms with Crippen molar-refractivity contribution in [3.8, 4) is 0 Å². The van der Waals surface area contributed by atoms with Crippen LogP contribution in [-0.4, -0.2) is 23.0 Å². The van der Waals surface area contributed by atoms with Crippen LogP contribution in [0.15, 0.2) is 24.3 Å². The third kappa shape index (κ3) is 2.84. The van der Waals surface area contributed by atoms with Gasteiger partial charge in [0, 0.05) is 12.5 Å². The van der Waals surface area contributed by atoms with Crippen LogP contribution in [0.5, 0.6) is 0 Å². The van der Waals surface area contributed by atoms with Gasteiger partial charge in [0.2, 0.25) is 5.91 Å². The molecule has 0 fully saturated rings. The van der Waals surface area contributed by atoms with Gasteiger partial charge < -0.3 is 10.4 Å². The molecule has 2 rings (SSSR count). The Kier molecular flexibility index (Phi) is 4.12. The van der Waals surface area contributed by atoms with Gasteiger partial charge in [0.25, 0.3) is 0 Å². The molecule has 0 spiro atoms. The maximum Gasteiger partial charge on any atom is 0.310 e. The Morgan fingerprint density at radius 3 is 2.30 bits per heavy atom. The van der Waals surface area contributed by atoms with Crippen molar-refractivity contribution < 1.29 is 14.7 Å². The first-order chi connectivity index (χ1) is 9.47. The lowest BCUT2D eigenvalue weighted by atomic mass is 9.81. The van der Waals surface area contributed by atoms with Crippen LogP contribution in [0.25, 0.3) is 0 Å². The fourth-order valence-electron chi connectivity index (χ4n) is 2.78. The van der Waals surface area contributed by atoms with E-state index in [-0.39, 0.29) is 18.4 Å². The van der Waals surface area contributed by atoms with E-state index in [4.69, 9.17) is 0 Å². The second-order valence-corrected chi connectivity index (χ2v) is 5.76. The number of benzene rings is 1. The lowest BCUT2D eigenvalue weighted by Gasteiger charge is -2.24. The van der Waals surface area contributed by atoms with Gasteiger partial charge in [-0.2, -0.15) is 0 Å². The molecule has 108 valence electrons. The average Bonchev–Trinajstić information content (AvgIpc) is 2.77. The van der Waals surface area contributed by atoms with Crippen LogP contribution in [0, 0.1) is 5.41 Å². The zero-order chi connectivity index (χ0) is 14.8. The molecule has 4 nitrogen and oxygen atoms in total. The van der Waals surface area contributed by atoms with E-state index < -0.39 is 11.4 Å². The Labute approximate surface area is 119 Å². The summed E-state index contributed by atoms with van der Waals surface area (Å²) >= 11 is 0. The van der Waals surface area contributed by atoms with Crippen LogP contribution in [0.4, 0.5) is 0 Å².